The second-order valence-electron chi connectivity index (χ2n) is 4.72. The Balaban J connectivity index is 2.57. The van der Waals surface area contributed by atoms with Crippen molar-refractivity contribution in [3.8, 4) is 5.69 Å². The van der Waals surface area contributed by atoms with E-state index in [0.29, 0.717) is 12.1 Å². The topological polar surface area (TPSA) is 17.8 Å². The van der Waals surface area contributed by atoms with Crippen LogP contribution in [-0.2, 0) is 24.9 Å². The molecular weight excluding hydrogens is 301 g/mol. The molecule has 0 unspecified atom stereocenters. The van der Waals surface area contributed by atoms with Crippen molar-refractivity contribution in [2.75, 3.05) is 0 Å². The molecule has 0 spiro atoms. The summed E-state index contributed by atoms with van der Waals surface area (Å²) in [7, 11) is 0. The van der Waals surface area contributed by atoms with E-state index < -0.39 is 11.7 Å². The van der Waals surface area contributed by atoms with Gasteiger partial charge in [-0.05, 0) is 36.6 Å². The lowest BCUT2D eigenvalue weighted by Gasteiger charge is -2.14. The maximum atomic E-state index is 13.1. The van der Waals surface area contributed by atoms with E-state index in [-0.39, 0.29) is 11.4 Å². The van der Waals surface area contributed by atoms with E-state index in [1.807, 2.05) is 19.9 Å². The Labute approximate surface area is 126 Å². The largest absolute Gasteiger partial charge is 0.416 e. The van der Waals surface area contributed by atoms with Gasteiger partial charge in [-0.1, -0.05) is 19.9 Å². The molecule has 0 N–H and O–H groups in total. The monoisotopic (exact) mass is 316 g/mol. The SMILES string of the molecule is CCc1cc(CC)n(-c2ccc(CCl)c(C(F)(F)F)c2)n1. The molecule has 1 aromatic heterocycles. The predicted molar refractivity (Wildman–Crippen MR) is 76.9 cm³/mol. The van der Waals surface area contributed by atoms with E-state index >= 15 is 0 Å². The molecule has 0 atom stereocenters. The van der Waals surface area contributed by atoms with Crippen molar-refractivity contribution in [1.82, 2.24) is 9.78 Å². The number of aryl methyl sites for hydroxylation is 2. The number of nitrogens with zero attached hydrogens (tertiary/aromatic N) is 2. The highest BCUT2D eigenvalue weighted by Gasteiger charge is 2.33. The quantitative estimate of drug-likeness (QED) is 0.744. The summed E-state index contributed by atoms with van der Waals surface area (Å²) >= 11 is 5.60. The Morgan fingerprint density at radius 1 is 1.14 bits per heavy atom. The number of alkyl halides is 4. The van der Waals surface area contributed by atoms with Crippen LogP contribution in [0, 0.1) is 0 Å². The third-order valence-corrected chi connectivity index (χ3v) is 3.63. The van der Waals surface area contributed by atoms with Crippen LogP contribution in [0.1, 0.15) is 36.4 Å². The molecule has 6 heteroatoms. The van der Waals surface area contributed by atoms with Crippen LogP contribution in [0.2, 0.25) is 0 Å². The lowest BCUT2D eigenvalue weighted by Crippen LogP contribution is -2.11. The number of benzene rings is 1. The average molecular weight is 317 g/mol. The zero-order valence-corrected chi connectivity index (χ0v) is 12.6. The first kappa shape index (κ1) is 15.9. The molecular formula is C15H16ClF3N2. The van der Waals surface area contributed by atoms with Gasteiger partial charge in [0.15, 0.2) is 0 Å². The lowest BCUT2D eigenvalue weighted by atomic mass is 10.1. The predicted octanol–water partition coefficient (Wildman–Crippen LogP) is 4.75. The number of hydrogen-bond donors (Lipinski definition) is 0. The zero-order valence-electron chi connectivity index (χ0n) is 11.8. The molecule has 0 saturated heterocycles. The van der Waals surface area contributed by atoms with Gasteiger partial charge in [0.1, 0.15) is 0 Å². The maximum Gasteiger partial charge on any atom is 0.416 e. The van der Waals surface area contributed by atoms with E-state index in [2.05, 4.69) is 5.10 Å². The number of aromatic nitrogens is 2. The van der Waals surface area contributed by atoms with Crippen LogP contribution < -0.4 is 0 Å². The van der Waals surface area contributed by atoms with Crippen molar-refractivity contribution in [2.45, 2.75) is 38.7 Å². The summed E-state index contributed by atoms with van der Waals surface area (Å²) in [6, 6.07) is 6.07. The summed E-state index contributed by atoms with van der Waals surface area (Å²) in [4.78, 5) is 0. The Kier molecular flexibility index (Phi) is 4.61. The molecule has 1 heterocycles. The molecule has 0 saturated carbocycles. The van der Waals surface area contributed by atoms with E-state index in [9.17, 15) is 13.2 Å². The number of hydrogen-bond acceptors (Lipinski definition) is 1. The van der Waals surface area contributed by atoms with Crippen molar-refractivity contribution >= 4 is 11.6 Å². The average Bonchev–Trinajstić information content (AvgIpc) is 2.89. The molecule has 1 aromatic carbocycles. The van der Waals surface area contributed by atoms with Crippen molar-refractivity contribution in [3.63, 3.8) is 0 Å². The fraction of sp³-hybridized carbons (Fsp3) is 0.400. The van der Waals surface area contributed by atoms with Gasteiger partial charge in [-0.3, -0.25) is 0 Å². The second kappa shape index (κ2) is 6.10. The smallest absolute Gasteiger partial charge is 0.238 e. The summed E-state index contributed by atoms with van der Waals surface area (Å²) in [5.74, 6) is -0.172. The molecule has 0 aliphatic heterocycles. The Hall–Kier alpha value is -1.49. The maximum absolute atomic E-state index is 13.1. The molecule has 2 aromatic rings. The molecule has 0 fully saturated rings. The Morgan fingerprint density at radius 3 is 2.38 bits per heavy atom. The molecule has 0 amide bonds. The highest BCUT2D eigenvalue weighted by atomic mass is 35.5. The fourth-order valence-corrected chi connectivity index (χ4v) is 2.43. The summed E-state index contributed by atoms with van der Waals surface area (Å²) in [6.45, 7) is 3.91. The van der Waals surface area contributed by atoms with Crippen LogP contribution in [-0.4, -0.2) is 9.78 Å². The Bertz CT molecular complexity index is 632. The van der Waals surface area contributed by atoms with Gasteiger partial charge in [0.2, 0.25) is 0 Å². The standard InChI is InChI=1S/C15H16ClF3N2/c1-3-11-7-12(4-2)21(20-11)13-6-5-10(9-16)14(8-13)15(17,18)19/h5-8H,3-4,9H2,1-2H3. The van der Waals surface area contributed by atoms with Crippen LogP contribution in [0.4, 0.5) is 13.2 Å². The minimum Gasteiger partial charge on any atom is -0.238 e. The molecule has 0 bridgehead atoms. The molecule has 0 aliphatic carbocycles. The molecule has 0 aliphatic rings. The van der Waals surface area contributed by atoms with E-state index in [1.165, 1.54) is 6.07 Å². The van der Waals surface area contributed by atoms with Crippen molar-refractivity contribution in [2.24, 2.45) is 0 Å². The summed E-state index contributed by atoms with van der Waals surface area (Å²) in [5.41, 5.74) is 1.53. The van der Waals surface area contributed by atoms with E-state index in [1.54, 1.807) is 10.7 Å². The van der Waals surface area contributed by atoms with Gasteiger partial charge in [0, 0.05) is 11.6 Å². The molecule has 2 nitrogen and oxygen atoms in total. The third-order valence-electron chi connectivity index (χ3n) is 3.35. The Morgan fingerprint density at radius 2 is 1.86 bits per heavy atom. The first-order valence-corrected chi connectivity index (χ1v) is 7.28. The van der Waals surface area contributed by atoms with Crippen LogP contribution in [0.5, 0.6) is 0 Å². The van der Waals surface area contributed by atoms with Gasteiger partial charge in [-0.25, -0.2) is 4.68 Å². The van der Waals surface area contributed by atoms with Gasteiger partial charge in [0.25, 0.3) is 0 Å². The lowest BCUT2D eigenvalue weighted by molar-refractivity contribution is -0.138. The molecule has 21 heavy (non-hydrogen) atoms. The fourth-order valence-electron chi connectivity index (χ4n) is 2.20. The summed E-state index contributed by atoms with van der Waals surface area (Å²) in [6.07, 6.45) is -2.98. The molecule has 2 rings (SSSR count). The summed E-state index contributed by atoms with van der Waals surface area (Å²) in [5, 5.41) is 4.36. The zero-order chi connectivity index (χ0) is 15.6. The van der Waals surface area contributed by atoms with Crippen LogP contribution >= 0.6 is 11.6 Å². The summed E-state index contributed by atoms with van der Waals surface area (Å²) < 4.78 is 40.9. The first-order chi connectivity index (χ1) is 9.90. The van der Waals surface area contributed by atoms with Gasteiger partial charge < -0.3 is 0 Å². The van der Waals surface area contributed by atoms with Gasteiger partial charge >= 0.3 is 6.18 Å². The van der Waals surface area contributed by atoms with E-state index in [0.717, 1.165) is 23.9 Å². The minimum atomic E-state index is -4.42. The van der Waals surface area contributed by atoms with Crippen molar-refractivity contribution in [1.29, 1.82) is 0 Å². The third kappa shape index (κ3) is 3.23. The minimum absolute atomic E-state index is 0.0776. The van der Waals surface area contributed by atoms with Crippen LogP contribution in [0.3, 0.4) is 0 Å². The van der Waals surface area contributed by atoms with Gasteiger partial charge in [-0.15, -0.1) is 11.6 Å². The van der Waals surface area contributed by atoms with Crippen molar-refractivity contribution < 1.29 is 13.2 Å². The highest BCUT2D eigenvalue weighted by molar-refractivity contribution is 6.17. The normalized spacial score (nSPS) is 11.9. The van der Waals surface area contributed by atoms with E-state index in [4.69, 9.17) is 11.6 Å². The first-order valence-electron chi connectivity index (χ1n) is 6.75. The van der Waals surface area contributed by atoms with Crippen molar-refractivity contribution in [3.05, 3.63) is 46.8 Å². The van der Waals surface area contributed by atoms with Gasteiger partial charge in [-0.2, -0.15) is 18.3 Å². The van der Waals surface area contributed by atoms with Crippen LogP contribution in [0.25, 0.3) is 5.69 Å². The molecule has 114 valence electrons. The van der Waals surface area contributed by atoms with Crippen LogP contribution in [0.15, 0.2) is 24.3 Å². The second-order valence-corrected chi connectivity index (χ2v) is 4.99. The molecule has 0 radical (unpaired) electrons. The van der Waals surface area contributed by atoms with Gasteiger partial charge in [0.05, 0.1) is 16.9 Å². The number of rotatable bonds is 4. The highest BCUT2D eigenvalue weighted by Crippen LogP contribution is 2.34. The number of halogens is 4.